The molecule has 0 unspecified atom stereocenters. The number of nitrogens with one attached hydrogen (secondary N) is 2. The maximum Gasteiger partial charge on any atom is 0.238 e. The molecule has 2 aromatic carbocycles. The van der Waals surface area contributed by atoms with Gasteiger partial charge >= 0.3 is 0 Å². The van der Waals surface area contributed by atoms with Crippen molar-refractivity contribution >= 4 is 23.2 Å². The van der Waals surface area contributed by atoms with Crippen LogP contribution < -0.4 is 10.6 Å². The number of rotatable bonds is 8. The van der Waals surface area contributed by atoms with E-state index < -0.39 is 0 Å². The molecular weight excluding hydrogens is 354 g/mol. The van der Waals surface area contributed by atoms with E-state index in [4.69, 9.17) is 0 Å². The second kappa shape index (κ2) is 8.89. The highest BCUT2D eigenvalue weighted by molar-refractivity contribution is 5.93. The topological polar surface area (TPSA) is 81.7 Å². The molecule has 28 heavy (non-hydrogen) atoms. The Kier molecular flexibility index (Phi) is 6.31. The van der Waals surface area contributed by atoms with Crippen LogP contribution in [0.4, 0.5) is 11.4 Å². The van der Waals surface area contributed by atoms with Gasteiger partial charge in [0.15, 0.2) is 0 Å². The molecule has 0 atom stereocenters. The highest BCUT2D eigenvalue weighted by Crippen LogP contribution is 2.27. The molecule has 0 radical (unpaired) electrons. The van der Waals surface area contributed by atoms with Gasteiger partial charge in [0, 0.05) is 36.4 Å². The molecule has 0 aliphatic heterocycles. The van der Waals surface area contributed by atoms with E-state index in [0.717, 1.165) is 29.7 Å². The van der Waals surface area contributed by atoms with Gasteiger partial charge in [0.1, 0.15) is 5.75 Å². The molecule has 0 aromatic heterocycles. The lowest BCUT2D eigenvalue weighted by Crippen LogP contribution is -2.37. The lowest BCUT2D eigenvalue weighted by atomic mass is 10.1. The second-order valence-corrected chi connectivity index (χ2v) is 7.42. The Morgan fingerprint density at radius 3 is 2.57 bits per heavy atom. The number of nitrogens with zero attached hydrogens (tertiary/aromatic N) is 1. The summed E-state index contributed by atoms with van der Waals surface area (Å²) in [6.45, 7) is 4.77. The fraction of sp³-hybridized carbons (Fsp3) is 0.364. The van der Waals surface area contributed by atoms with Crippen LogP contribution in [0.5, 0.6) is 5.75 Å². The molecule has 2 aromatic rings. The van der Waals surface area contributed by atoms with Gasteiger partial charge in [-0.1, -0.05) is 18.2 Å². The van der Waals surface area contributed by atoms with Gasteiger partial charge in [0.25, 0.3) is 0 Å². The average molecular weight is 381 g/mol. The van der Waals surface area contributed by atoms with Crippen LogP contribution in [-0.2, 0) is 9.59 Å². The summed E-state index contributed by atoms with van der Waals surface area (Å²) in [6, 6.07) is 12.8. The zero-order chi connectivity index (χ0) is 20.1. The predicted molar refractivity (Wildman–Crippen MR) is 110 cm³/mol. The second-order valence-electron chi connectivity index (χ2n) is 7.42. The molecule has 1 saturated carbocycles. The van der Waals surface area contributed by atoms with Crippen LogP contribution in [-0.4, -0.2) is 41.0 Å². The number of anilines is 2. The molecule has 3 N–H and O–H groups in total. The number of aromatic hydroxyl groups is 1. The minimum Gasteiger partial charge on any atom is -0.508 e. The lowest BCUT2D eigenvalue weighted by Gasteiger charge is -2.21. The molecular formula is C22H27N3O3. The van der Waals surface area contributed by atoms with Gasteiger partial charge in [-0.3, -0.25) is 14.5 Å². The number of aryl methyl sites for hydroxylation is 2. The molecule has 0 spiro atoms. The van der Waals surface area contributed by atoms with Crippen LogP contribution in [0.15, 0.2) is 42.5 Å². The third-order valence-electron chi connectivity index (χ3n) is 4.83. The van der Waals surface area contributed by atoms with Gasteiger partial charge < -0.3 is 15.7 Å². The van der Waals surface area contributed by atoms with Crippen LogP contribution in [0.25, 0.3) is 0 Å². The van der Waals surface area contributed by atoms with E-state index in [9.17, 15) is 14.7 Å². The maximum atomic E-state index is 12.5. The van der Waals surface area contributed by atoms with Crippen LogP contribution in [0.2, 0.25) is 0 Å². The zero-order valence-electron chi connectivity index (χ0n) is 16.4. The van der Waals surface area contributed by atoms with Crippen molar-refractivity contribution in [3.8, 4) is 5.75 Å². The third-order valence-corrected chi connectivity index (χ3v) is 4.83. The van der Waals surface area contributed by atoms with Crippen molar-refractivity contribution < 1.29 is 14.7 Å². The molecule has 6 heteroatoms. The summed E-state index contributed by atoms with van der Waals surface area (Å²) < 4.78 is 0. The predicted octanol–water partition coefficient (Wildman–Crippen LogP) is 3.44. The standard InChI is InChI=1S/C22H27N3O3/c1-15-6-7-16(2)20(12-15)24-22(28)14-25(18-8-9-18)11-10-21(27)23-17-4-3-5-19(26)13-17/h3-7,12-13,18,26H,8-11,14H2,1-2H3,(H,23,27)(H,24,28). The quantitative estimate of drug-likeness (QED) is 0.654. The third kappa shape index (κ3) is 5.82. The summed E-state index contributed by atoms with van der Waals surface area (Å²) in [5.74, 6) is -0.0827. The Balaban J connectivity index is 1.51. The van der Waals surface area contributed by atoms with E-state index in [0.29, 0.717) is 24.7 Å². The van der Waals surface area contributed by atoms with Crippen molar-refractivity contribution in [3.63, 3.8) is 0 Å². The molecule has 0 heterocycles. The first kappa shape index (κ1) is 19.9. The van der Waals surface area contributed by atoms with Gasteiger partial charge in [-0.25, -0.2) is 0 Å². The van der Waals surface area contributed by atoms with Crippen molar-refractivity contribution in [1.82, 2.24) is 4.90 Å². The first-order chi connectivity index (χ1) is 13.4. The van der Waals surface area contributed by atoms with Crippen LogP contribution >= 0.6 is 0 Å². The molecule has 1 fully saturated rings. The smallest absolute Gasteiger partial charge is 0.238 e. The van der Waals surface area contributed by atoms with Gasteiger partial charge in [0.2, 0.25) is 11.8 Å². The van der Waals surface area contributed by atoms with Gasteiger partial charge in [-0.05, 0) is 56.0 Å². The van der Waals surface area contributed by atoms with Crippen molar-refractivity contribution in [2.75, 3.05) is 23.7 Å². The molecule has 1 aliphatic rings. The minimum absolute atomic E-state index is 0.0611. The van der Waals surface area contributed by atoms with Crippen molar-refractivity contribution in [3.05, 3.63) is 53.6 Å². The Morgan fingerprint density at radius 2 is 1.86 bits per heavy atom. The summed E-state index contributed by atoms with van der Waals surface area (Å²) in [7, 11) is 0. The Bertz CT molecular complexity index is 862. The summed E-state index contributed by atoms with van der Waals surface area (Å²) in [4.78, 5) is 26.8. The normalized spacial score (nSPS) is 13.4. The Morgan fingerprint density at radius 1 is 1.07 bits per heavy atom. The monoisotopic (exact) mass is 381 g/mol. The molecule has 3 rings (SSSR count). The SMILES string of the molecule is Cc1ccc(C)c(NC(=O)CN(CCC(=O)Nc2cccc(O)c2)C2CC2)c1. The number of carbonyl (C=O) groups excluding carboxylic acids is 2. The average Bonchev–Trinajstić information content (AvgIpc) is 3.47. The first-order valence-corrected chi connectivity index (χ1v) is 9.61. The van der Waals surface area contributed by atoms with Crippen LogP contribution in [0, 0.1) is 13.8 Å². The van der Waals surface area contributed by atoms with E-state index in [1.807, 2.05) is 32.0 Å². The fourth-order valence-corrected chi connectivity index (χ4v) is 3.13. The van der Waals surface area contributed by atoms with Gasteiger partial charge in [0.05, 0.1) is 6.54 Å². The molecule has 6 nitrogen and oxygen atoms in total. The summed E-state index contributed by atoms with van der Waals surface area (Å²) >= 11 is 0. The van der Waals surface area contributed by atoms with E-state index in [2.05, 4.69) is 15.5 Å². The summed E-state index contributed by atoms with van der Waals surface area (Å²) in [5.41, 5.74) is 3.53. The zero-order valence-corrected chi connectivity index (χ0v) is 16.4. The van der Waals surface area contributed by atoms with Gasteiger partial charge in [-0.15, -0.1) is 0 Å². The van der Waals surface area contributed by atoms with Crippen LogP contribution in [0.3, 0.4) is 0 Å². The van der Waals surface area contributed by atoms with E-state index in [1.165, 1.54) is 6.07 Å². The summed E-state index contributed by atoms with van der Waals surface area (Å²) in [6.07, 6.45) is 2.42. The number of amides is 2. The van der Waals surface area contributed by atoms with Crippen LogP contribution in [0.1, 0.15) is 30.4 Å². The number of benzene rings is 2. The number of phenolic OH excluding ortho intramolecular Hbond substituents is 1. The highest BCUT2D eigenvalue weighted by atomic mass is 16.3. The minimum atomic E-state index is -0.133. The van der Waals surface area contributed by atoms with Crippen molar-refractivity contribution in [2.24, 2.45) is 0 Å². The molecule has 0 bridgehead atoms. The Hall–Kier alpha value is -2.86. The lowest BCUT2D eigenvalue weighted by molar-refractivity contribution is -0.119. The van der Waals surface area contributed by atoms with E-state index >= 15 is 0 Å². The number of hydrogen-bond acceptors (Lipinski definition) is 4. The number of hydrogen-bond donors (Lipinski definition) is 3. The highest BCUT2D eigenvalue weighted by Gasteiger charge is 2.30. The van der Waals surface area contributed by atoms with Gasteiger partial charge in [-0.2, -0.15) is 0 Å². The molecule has 148 valence electrons. The van der Waals surface area contributed by atoms with E-state index in [-0.39, 0.29) is 24.1 Å². The largest absolute Gasteiger partial charge is 0.508 e. The Labute approximate surface area is 165 Å². The number of carbonyl (C=O) groups is 2. The van der Waals surface area contributed by atoms with Crippen molar-refractivity contribution in [2.45, 2.75) is 39.2 Å². The van der Waals surface area contributed by atoms with E-state index in [1.54, 1.807) is 18.2 Å². The number of phenols is 1. The van der Waals surface area contributed by atoms with Crippen molar-refractivity contribution in [1.29, 1.82) is 0 Å². The summed E-state index contributed by atoms with van der Waals surface area (Å²) in [5, 5.41) is 15.2. The maximum absolute atomic E-state index is 12.5. The molecule has 2 amide bonds. The molecule has 1 aliphatic carbocycles. The first-order valence-electron chi connectivity index (χ1n) is 9.61. The molecule has 0 saturated heterocycles. The fourth-order valence-electron chi connectivity index (χ4n) is 3.13.